The number of hydrogen-bond donors (Lipinski definition) is 1. The van der Waals surface area contributed by atoms with Gasteiger partial charge in [-0.1, -0.05) is 22.4 Å². The molecular formula is C14H24BrNOS. The summed E-state index contributed by atoms with van der Waals surface area (Å²) in [5, 5.41) is 4.35. The van der Waals surface area contributed by atoms with Crippen LogP contribution in [0.15, 0.2) is 0 Å². The van der Waals surface area contributed by atoms with Crippen molar-refractivity contribution in [3.8, 4) is 0 Å². The molecule has 1 saturated heterocycles. The summed E-state index contributed by atoms with van der Waals surface area (Å²) in [7, 11) is 0. The second-order valence-electron chi connectivity index (χ2n) is 5.71. The van der Waals surface area contributed by atoms with Crippen LogP contribution in [-0.2, 0) is 4.79 Å². The second kappa shape index (κ2) is 7.78. The van der Waals surface area contributed by atoms with Crippen LogP contribution in [0.2, 0.25) is 0 Å². The third-order valence-corrected chi connectivity index (χ3v) is 6.15. The molecule has 18 heavy (non-hydrogen) atoms. The number of halogens is 1. The Morgan fingerprint density at radius 2 is 1.94 bits per heavy atom. The molecule has 1 aliphatic carbocycles. The van der Waals surface area contributed by atoms with E-state index in [9.17, 15) is 4.79 Å². The molecule has 2 nitrogen and oxygen atoms in total. The zero-order valence-electron chi connectivity index (χ0n) is 11.0. The Morgan fingerprint density at radius 3 is 2.67 bits per heavy atom. The summed E-state index contributed by atoms with van der Waals surface area (Å²) < 4.78 is 0. The van der Waals surface area contributed by atoms with Gasteiger partial charge >= 0.3 is 0 Å². The van der Waals surface area contributed by atoms with Crippen molar-refractivity contribution < 1.29 is 4.79 Å². The van der Waals surface area contributed by atoms with Crippen molar-refractivity contribution in [3.63, 3.8) is 0 Å². The van der Waals surface area contributed by atoms with Crippen molar-refractivity contribution in [2.45, 2.75) is 51.0 Å². The lowest BCUT2D eigenvalue weighted by Crippen LogP contribution is -2.39. The maximum absolute atomic E-state index is 12.0. The minimum atomic E-state index is 0.298. The highest BCUT2D eigenvalue weighted by Crippen LogP contribution is 2.27. The Balaban J connectivity index is 1.69. The summed E-state index contributed by atoms with van der Waals surface area (Å²) in [5.41, 5.74) is 0. The van der Waals surface area contributed by atoms with Crippen LogP contribution in [0.3, 0.4) is 0 Å². The normalized spacial score (nSPS) is 30.1. The SMILES string of the molecule is O=C(CC1CCSCC1)NC1CCCC(CBr)C1. The largest absolute Gasteiger partial charge is 0.353 e. The third-order valence-electron chi connectivity index (χ3n) is 4.18. The Kier molecular flexibility index (Phi) is 6.36. The molecule has 2 fully saturated rings. The molecule has 0 bridgehead atoms. The lowest BCUT2D eigenvalue weighted by atomic mass is 9.87. The summed E-state index contributed by atoms with van der Waals surface area (Å²) >= 11 is 5.60. The first kappa shape index (κ1) is 14.7. The van der Waals surface area contributed by atoms with Gasteiger partial charge in [0.2, 0.25) is 5.91 Å². The number of nitrogens with one attached hydrogen (secondary N) is 1. The van der Waals surface area contributed by atoms with Crippen LogP contribution in [0, 0.1) is 11.8 Å². The fraction of sp³-hybridized carbons (Fsp3) is 0.929. The summed E-state index contributed by atoms with van der Waals surface area (Å²) in [4.78, 5) is 12.0. The molecule has 0 spiro atoms. The van der Waals surface area contributed by atoms with Crippen molar-refractivity contribution in [1.29, 1.82) is 0 Å². The van der Waals surface area contributed by atoms with Gasteiger partial charge in [-0.2, -0.15) is 11.8 Å². The van der Waals surface area contributed by atoms with E-state index in [1.54, 1.807) is 0 Å². The lowest BCUT2D eigenvalue weighted by Gasteiger charge is -2.29. The van der Waals surface area contributed by atoms with Crippen molar-refractivity contribution in [1.82, 2.24) is 5.32 Å². The number of amides is 1. The molecule has 0 aromatic heterocycles. The van der Waals surface area contributed by atoms with Crippen LogP contribution in [0.25, 0.3) is 0 Å². The maximum atomic E-state index is 12.0. The van der Waals surface area contributed by atoms with E-state index in [1.807, 2.05) is 11.8 Å². The molecule has 1 heterocycles. The smallest absolute Gasteiger partial charge is 0.220 e. The second-order valence-corrected chi connectivity index (χ2v) is 7.58. The van der Waals surface area contributed by atoms with Crippen molar-refractivity contribution in [3.05, 3.63) is 0 Å². The van der Waals surface area contributed by atoms with E-state index < -0.39 is 0 Å². The Bertz CT molecular complexity index is 269. The van der Waals surface area contributed by atoms with Crippen molar-refractivity contribution >= 4 is 33.6 Å². The Morgan fingerprint density at radius 1 is 1.17 bits per heavy atom. The quantitative estimate of drug-likeness (QED) is 0.796. The summed E-state index contributed by atoms with van der Waals surface area (Å²) in [6.07, 6.45) is 8.14. The summed E-state index contributed by atoms with van der Waals surface area (Å²) in [6.45, 7) is 0. The van der Waals surface area contributed by atoms with Crippen LogP contribution in [-0.4, -0.2) is 28.8 Å². The number of carbonyl (C=O) groups excluding carboxylic acids is 1. The van der Waals surface area contributed by atoms with Gasteiger partial charge < -0.3 is 5.32 Å². The predicted molar refractivity (Wildman–Crippen MR) is 82.3 cm³/mol. The van der Waals surface area contributed by atoms with Crippen LogP contribution in [0.1, 0.15) is 44.9 Å². The number of carbonyl (C=O) groups is 1. The number of hydrogen-bond acceptors (Lipinski definition) is 2. The van der Waals surface area contributed by atoms with Gasteiger partial charge in [0.25, 0.3) is 0 Å². The fourth-order valence-electron chi connectivity index (χ4n) is 3.06. The molecule has 0 radical (unpaired) electrons. The van der Waals surface area contributed by atoms with Crippen molar-refractivity contribution in [2.24, 2.45) is 11.8 Å². The van der Waals surface area contributed by atoms with Gasteiger partial charge in [-0.25, -0.2) is 0 Å². The molecule has 2 atom stereocenters. The molecule has 2 aliphatic rings. The monoisotopic (exact) mass is 333 g/mol. The molecule has 0 aromatic rings. The van der Waals surface area contributed by atoms with E-state index in [1.165, 1.54) is 43.6 Å². The first-order chi connectivity index (χ1) is 8.78. The van der Waals surface area contributed by atoms with Crippen LogP contribution in [0.4, 0.5) is 0 Å². The van der Waals surface area contributed by atoms with Crippen LogP contribution in [0.5, 0.6) is 0 Å². The highest BCUT2D eigenvalue weighted by Gasteiger charge is 2.24. The topological polar surface area (TPSA) is 29.1 Å². The third kappa shape index (κ3) is 4.76. The fourth-order valence-corrected chi connectivity index (χ4v) is 4.85. The highest BCUT2D eigenvalue weighted by molar-refractivity contribution is 9.09. The predicted octanol–water partition coefficient (Wildman–Crippen LogP) is 3.59. The minimum absolute atomic E-state index is 0.298. The van der Waals surface area contributed by atoms with Crippen LogP contribution >= 0.6 is 27.7 Å². The molecule has 104 valence electrons. The van der Waals surface area contributed by atoms with E-state index in [4.69, 9.17) is 0 Å². The van der Waals surface area contributed by atoms with Gasteiger partial charge in [0.1, 0.15) is 0 Å². The molecule has 1 aliphatic heterocycles. The van der Waals surface area contributed by atoms with E-state index in [0.29, 0.717) is 17.9 Å². The molecule has 1 amide bonds. The van der Waals surface area contributed by atoms with E-state index >= 15 is 0 Å². The summed E-state index contributed by atoms with van der Waals surface area (Å²) in [5.74, 6) is 4.18. The molecule has 2 rings (SSSR count). The highest BCUT2D eigenvalue weighted by atomic mass is 79.9. The molecule has 2 unspecified atom stereocenters. The van der Waals surface area contributed by atoms with Gasteiger partial charge in [0.15, 0.2) is 0 Å². The zero-order chi connectivity index (χ0) is 12.8. The van der Waals surface area contributed by atoms with E-state index in [2.05, 4.69) is 21.2 Å². The van der Waals surface area contributed by atoms with E-state index in [0.717, 1.165) is 24.1 Å². The van der Waals surface area contributed by atoms with Crippen LogP contribution < -0.4 is 5.32 Å². The van der Waals surface area contributed by atoms with Crippen molar-refractivity contribution in [2.75, 3.05) is 16.8 Å². The van der Waals surface area contributed by atoms with Gasteiger partial charge in [-0.15, -0.1) is 0 Å². The number of alkyl halides is 1. The first-order valence-corrected chi connectivity index (χ1v) is 9.48. The van der Waals surface area contributed by atoms with Gasteiger partial charge in [-0.3, -0.25) is 4.79 Å². The number of thioether (sulfide) groups is 1. The maximum Gasteiger partial charge on any atom is 0.220 e. The Hall–Kier alpha value is 0.300. The first-order valence-electron chi connectivity index (χ1n) is 7.21. The number of rotatable bonds is 4. The molecular weight excluding hydrogens is 310 g/mol. The van der Waals surface area contributed by atoms with Gasteiger partial charge in [0, 0.05) is 17.8 Å². The van der Waals surface area contributed by atoms with Gasteiger partial charge in [-0.05, 0) is 55.4 Å². The molecule has 1 N–H and O–H groups in total. The van der Waals surface area contributed by atoms with E-state index in [-0.39, 0.29) is 0 Å². The zero-order valence-corrected chi connectivity index (χ0v) is 13.4. The average Bonchev–Trinajstić information content (AvgIpc) is 2.40. The minimum Gasteiger partial charge on any atom is -0.353 e. The Labute approximate surface area is 123 Å². The summed E-state index contributed by atoms with van der Waals surface area (Å²) in [6, 6.07) is 0.437. The standard InChI is InChI=1S/C14H24BrNOS/c15-10-12-2-1-3-13(8-12)16-14(17)9-11-4-6-18-7-5-11/h11-13H,1-10H2,(H,16,17). The lowest BCUT2D eigenvalue weighted by molar-refractivity contribution is -0.123. The van der Waals surface area contributed by atoms with Gasteiger partial charge in [0.05, 0.1) is 0 Å². The molecule has 4 heteroatoms. The molecule has 0 aromatic carbocycles. The average molecular weight is 334 g/mol. The molecule has 1 saturated carbocycles.